The van der Waals surface area contributed by atoms with Crippen molar-refractivity contribution in [2.75, 3.05) is 7.11 Å². The summed E-state index contributed by atoms with van der Waals surface area (Å²) in [5.41, 5.74) is 3.76. The second-order valence-corrected chi connectivity index (χ2v) is 6.97. The van der Waals surface area contributed by atoms with Crippen LogP contribution in [0.15, 0.2) is 60.2 Å². The highest BCUT2D eigenvalue weighted by atomic mass is 16.5. The molecule has 0 saturated carbocycles. The van der Waals surface area contributed by atoms with E-state index in [0.717, 1.165) is 16.7 Å². The van der Waals surface area contributed by atoms with Gasteiger partial charge in [-0.1, -0.05) is 68.0 Å². The molecule has 0 amide bonds. The molecule has 4 heteroatoms. The first kappa shape index (κ1) is 20.5. The number of rotatable bonds is 7. The van der Waals surface area contributed by atoms with Gasteiger partial charge in [0, 0.05) is 10.9 Å². The van der Waals surface area contributed by atoms with Gasteiger partial charge in [0.25, 0.3) is 0 Å². The minimum atomic E-state index is -0.966. The van der Waals surface area contributed by atoms with Crippen molar-refractivity contribution in [3.8, 4) is 11.5 Å². The maximum absolute atomic E-state index is 12.2. The van der Waals surface area contributed by atoms with Crippen LogP contribution in [0.3, 0.4) is 0 Å². The van der Waals surface area contributed by atoms with Crippen LogP contribution in [0.1, 0.15) is 43.4 Å². The summed E-state index contributed by atoms with van der Waals surface area (Å²) in [5, 5.41) is 22.3. The highest BCUT2D eigenvalue weighted by Crippen LogP contribution is 2.42. The smallest absolute Gasteiger partial charge is 0.336 e. The summed E-state index contributed by atoms with van der Waals surface area (Å²) in [6.07, 6.45) is 1.91. The number of fused-ring (bicyclic) bond motifs is 1. The zero-order valence-electron chi connectivity index (χ0n) is 17.0. The third-order valence-electron chi connectivity index (χ3n) is 5.33. The van der Waals surface area contributed by atoms with Gasteiger partial charge in [-0.25, -0.2) is 4.79 Å². The minimum absolute atomic E-state index is 0.0390. The zero-order chi connectivity index (χ0) is 21.0. The summed E-state index contributed by atoms with van der Waals surface area (Å²) in [7, 11) is 1.48. The number of hydrogen-bond donors (Lipinski definition) is 2. The van der Waals surface area contributed by atoms with Crippen molar-refractivity contribution in [3.05, 3.63) is 76.9 Å². The first-order chi connectivity index (χ1) is 14.0. The molecule has 0 fully saturated rings. The average Bonchev–Trinajstić information content (AvgIpc) is 2.73. The van der Waals surface area contributed by atoms with Crippen LogP contribution in [-0.2, 0) is 11.2 Å². The van der Waals surface area contributed by atoms with E-state index in [4.69, 9.17) is 4.74 Å². The summed E-state index contributed by atoms with van der Waals surface area (Å²) in [6.45, 7) is 3.92. The molecular weight excluding hydrogens is 364 g/mol. The molecule has 3 aromatic carbocycles. The highest BCUT2D eigenvalue weighted by molar-refractivity contribution is 6.21. The molecular formula is C25H26O4. The molecule has 29 heavy (non-hydrogen) atoms. The van der Waals surface area contributed by atoms with Crippen LogP contribution in [0.4, 0.5) is 0 Å². The molecule has 0 radical (unpaired) electrons. The van der Waals surface area contributed by atoms with Crippen molar-refractivity contribution in [3.63, 3.8) is 0 Å². The second kappa shape index (κ2) is 8.82. The Kier molecular flexibility index (Phi) is 6.23. The van der Waals surface area contributed by atoms with Crippen molar-refractivity contribution >= 4 is 22.3 Å². The molecule has 0 saturated heterocycles. The number of carbonyl (C=O) groups is 1. The standard InChI is InChI=1S/C25H26O4/c1-4-17(5-2)23(25(27)28)20-15-21(29-3)24(26)22-18(12-9-13-19(20)22)14-16-10-7-6-8-11-16/h6-13,15,26H,4-5,14H2,1-3H3,(H,27,28). The summed E-state index contributed by atoms with van der Waals surface area (Å²) in [6, 6.07) is 17.4. The van der Waals surface area contributed by atoms with E-state index >= 15 is 0 Å². The number of phenolic OH excluding ortho intramolecular Hbond substituents is 1. The zero-order valence-corrected chi connectivity index (χ0v) is 17.0. The Labute approximate surface area is 171 Å². The number of carboxylic acids is 1. The normalized spacial score (nSPS) is 10.7. The van der Waals surface area contributed by atoms with Gasteiger partial charge >= 0.3 is 5.97 Å². The fourth-order valence-electron chi connectivity index (χ4n) is 3.89. The lowest BCUT2D eigenvalue weighted by atomic mass is 9.89. The number of hydrogen-bond acceptors (Lipinski definition) is 3. The number of benzene rings is 3. The lowest BCUT2D eigenvalue weighted by molar-refractivity contribution is -0.130. The molecule has 0 heterocycles. The molecule has 4 nitrogen and oxygen atoms in total. The highest BCUT2D eigenvalue weighted by Gasteiger charge is 2.22. The van der Waals surface area contributed by atoms with Gasteiger partial charge < -0.3 is 14.9 Å². The van der Waals surface area contributed by atoms with Crippen LogP contribution in [0, 0.1) is 0 Å². The van der Waals surface area contributed by atoms with Gasteiger partial charge in [0.2, 0.25) is 0 Å². The number of phenols is 1. The summed E-state index contributed by atoms with van der Waals surface area (Å²) < 4.78 is 5.41. The molecule has 3 aromatic rings. The fraction of sp³-hybridized carbons (Fsp3) is 0.240. The topological polar surface area (TPSA) is 66.8 Å². The summed E-state index contributed by atoms with van der Waals surface area (Å²) in [5.74, 6) is -0.651. The second-order valence-electron chi connectivity index (χ2n) is 6.97. The monoisotopic (exact) mass is 390 g/mol. The van der Waals surface area contributed by atoms with Crippen LogP contribution in [-0.4, -0.2) is 23.3 Å². The van der Waals surface area contributed by atoms with Gasteiger partial charge in [-0.05, 0) is 41.8 Å². The molecule has 0 bridgehead atoms. The first-order valence-corrected chi connectivity index (χ1v) is 9.82. The van der Waals surface area contributed by atoms with Crippen molar-refractivity contribution in [1.82, 2.24) is 0 Å². The van der Waals surface area contributed by atoms with Crippen LogP contribution in [0.2, 0.25) is 0 Å². The van der Waals surface area contributed by atoms with E-state index in [1.807, 2.05) is 62.4 Å². The largest absolute Gasteiger partial charge is 0.504 e. The van der Waals surface area contributed by atoms with Gasteiger partial charge in [0.1, 0.15) is 0 Å². The predicted octanol–water partition coefficient (Wildman–Crippen LogP) is 5.80. The van der Waals surface area contributed by atoms with E-state index in [1.54, 1.807) is 6.07 Å². The molecule has 0 spiro atoms. The molecule has 3 rings (SSSR count). The van der Waals surface area contributed by atoms with E-state index in [0.29, 0.717) is 35.6 Å². The number of aromatic hydroxyl groups is 1. The van der Waals surface area contributed by atoms with E-state index < -0.39 is 5.97 Å². The van der Waals surface area contributed by atoms with E-state index in [2.05, 4.69) is 0 Å². The van der Waals surface area contributed by atoms with Crippen molar-refractivity contribution in [2.24, 2.45) is 0 Å². The number of methoxy groups -OCH3 is 1. The fourth-order valence-corrected chi connectivity index (χ4v) is 3.89. The molecule has 150 valence electrons. The van der Waals surface area contributed by atoms with Gasteiger partial charge in [-0.15, -0.1) is 0 Å². The predicted molar refractivity (Wildman–Crippen MR) is 117 cm³/mol. The number of aliphatic carboxylic acids is 1. The van der Waals surface area contributed by atoms with Crippen molar-refractivity contribution in [1.29, 1.82) is 0 Å². The molecule has 0 aliphatic heterocycles. The number of carboxylic acid groups (broad SMARTS) is 1. The Morgan fingerprint density at radius 1 is 1.00 bits per heavy atom. The Morgan fingerprint density at radius 3 is 2.28 bits per heavy atom. The van der Waals surface area contributed by atoms with Crippen LogP contribution >= 0.6 is 0 Å². The van der Waals surface area contributed by atoms with Gasteiger partial charge in [0.05, 0.1) is 12.7 Å². The SMILES string of the molecule is CCC(CC)=C(C(=O)O)c1cc(OC)c(O)c2c(Cc3ccccc3)cccc12. The van der Waals surface area contributed by atoms with Crippen molar-refractivity contribution in [2.45, 2.75) is 33.1 Å². The first-order valence-electron chi connectivity index (χ1n) is 9.82. The maximum Gasteiger partial charge on any atom is 0.336 e. The molecule has 0 aromatic heterocycles. The molecule has 0 aliphatic rings. The quantitative estimate of drug-likeness (QED) is 0.500. The molecule has 0 atom stereocenters. The van der Waals surface area contributed by atoms with Crippen molar-refractivity contribution < 1.29 is 19.7 Å². The number of ether oxygens (including phenoxy) is 1. The van der Waals surface area contributed by atoms with E-state index in [9.17, 15) is 15.0 Å². The number of allylic oxidation sites excluding steroid dienone is 1. The Hall–Kier alpha value is -3.27. The molecule has 0 aliphatic carbocycles. The van der Waals surface area contributed by atoms with Crippen LogP contribution < -0.4 is 4.74 Å². The summed E-state index contributed by atoms with van der Waals surface area (Å²) in [4.78, 5) is 12.2. The van der Waals surface area contributed by atoms with E-state index in [-0.39, 0.29) is 17.1 Å². The van der Waals surface area contributed by atoms with Crippen LogP contribution in [0.5, 0.6) is 11.5 Å². The third kappa shape index (κ3) is 3.97. The average molecular weight is 390 g/mol. The van der Waals surface area contributed by atoms with Crippen LogP contribution in [0.25, 0.3) is 16.3 Å². The Balaban J connectivity index is 2.36. The lowest BCUT2D eigenvalue weighted by Crippen LogP contribution is -2.05. The maximum atomic E-state index is 12.2. The lowest BCUT2D eigenvalue weighted by Gasteiger charge is -2.18. The summed E-state index contributed by atoms with van der Waals surface area (Å²) >= 11 is 0. The third-order valence-corrected chi connectivity index (χ3v) is 5.33. The van der Waals surface area contributed by atoms with Gasteiger partial charge in [0.15, 0.2) is 11.5 Å². The molecule has 2 N–H and O–H groups in total. The molecule has 0 unspecified atom stereocenters. The Bertz CT molecular complexity index is 1060. The van der Waals surface area contributed by atoms with E-state index in [1.165, 1.54) is 7.11 Å². The minimum Gasteiger partial charge on any atom is -0.504 e. The van der Waals surface area contributed by atoms with Gasteiger partial charge in [-0.2, -0.15) is 0 Å². The Morgan fingerprint density at radius 2 is 1.69 bits per heavy atom. The van der Waals surface area contributed by atoms with Gasteiger partial charge in [-0.3, -0.25) is 0 Å².